The molecule has 1 saturated carbocycles. The molecule has 5 rings (SSSR count). The zero-order valence-electron chi connectivity index (χ0n) is 17.5. The molecule has 1 spiro atoms. The maximum absolute atomic E-state index is 13.3. The van der Waals surface area contributed by atoms with Crippen LogP contribution >= 0.6 is 0 Å². The van der Waals surface area contributed by atoms with Gasteiger partial charge in [-0.1, -0.05) is 30.3 Å². The van der Waals surface area contributed by atoms with Gasteiger partial charge in [-0.2, -0.15) is 0 Å². The van der Waals surface area contributed by atoms with Crippen molar-refractivity contribution < 1.29 is 4.79 Å². The number of amides is 1. The number of hydrogen-bond donors (Lipinski definition) is 0. The molecule has 0 bridgehead atoms. The van der Waals surface area contributed by atoms with Crippen molar-refractivity contribution in [3.8, 4) is 0 Å². The number of piperidine rings is 2. The molecule has 1 atom stereocenters. The van der Waals surface area contributed by atoms with Crippen LogP contribution in [0.2, 0.25) is 0 Å². The highest BCUT2D eigenvalue weighted by molar-refractivity contribution is 5.85. The van der Waals surface area contributed by atoms with Gasteiger partial charge in [0.1, 0.15) is 5.82 Å². The molecule has 1 amide bonds. The van der Waals surface area contributed by atoms with Crippen LogP contribution in [-0.4, -0.2) is 46.5 Å². The van der Waals surface area contributed by atoms with Gasteiger partial charge in [0.15, 0.2) is 0 Å². The fourth-order valence-electron chi connectivity index (χ4n) is 5.24. The molecule has 1 aromatic heterocycles. The van der Waals surface area contributed by atoms with Crippen LogP contribution in [0.5, 0.6) is 0 Å². The number of hydrogen-bond acceptors (Lipinski definition) is 4. The van der Waals surface area contributed by atoms with Gasteiger partial charge in [0, 0.05) is 31.9 Å². The van der Waals surface area contributed by atoms with E-state index in [1.165, 1.54) is 18.4 Å². The summed E-state index contributed by atoms with van der Waals surface area (Å²) in [6.45, 7) is 6.98. The summed E-state index contributed by atoms with van der Waals surface area (Å²) in [6, 6.07) is 10.9. The first-order valence-electron chi connectivity index (χ1n) is 11.0. The minimum Gasteiger partial charge on any atom is -0.355 e. The Morgan fingerprint density at radius 2 is 1.79 bits per heavy atom. The summed E-state index contributed by atoms with van der Waals surface area (Å²) >= 11 is 0. The number of rotatable bonds is 3. The molecule has 3 aliphatic rings. The predicted octanol–water partition coefficient (Wildman–Crippen LogP) is 3.86. The Hall–Kier alpha value is -2.43. The Morgan fingerprint density at radius 1 is 1.07 bits per heavy atom. The number of benzene rings is 1. The predicted molar refractivity (Wildman–Crippen MR) is 114 cm³/mol. The molecule has 5 nitrogen and oxygen atoms in total. The van der Waals surface area contributed by atoms with E-state index in [1.54, 1.807) is 0 Å². The summed E-state index contributed by atoms with van der Waals surface area (Å²) in [4.78, 5) is 27.2. The van der Waals surface area contributed by atoms with Crippen LogP contribution < -0.4 is 4.90 Å². The summed E-state index contributed by atoms with van der Waals surface area (Å²) in [5.41, 5.74) is 3.38. The van der Waals surface area contributed by atoms with Gasteiger partial charge in [-0.25, -0.2) is 4.98 Å². The Kier molecular flexibility index (Phi) is 4.56. The molecule has 1 aliphatic carbocycles. The van der Waals surface area contributed by atoms with Gasteiger partial charge in [0.05, 0.1) is 17.3 Å². The quantitative estimate of drug-likeness (QED) is 0.799. The third kappa shape index (κ3) is 3.52. The second kappa shape index (κ2) is 7.12. The summed E-state index contributed by atoms with van der Waals surface area (Å²) in [6.07, 6.45) is 7.39. The molecular weight excluding hydrogens is 360 g/mol. The van der Waals surface area contributed by atoms with Crippen molar-refractivity contribution in [2.75, 3.05) is 24.5 Å². The van der Waals surface area contributed by atoms with Gasteiger partial charge in [-0.15, -0.1) is 0 Å². The Balaban J connectivity index is 1.38. The van der Waals surface area contributed by atoms with Crippen LogP contribution in [0.15, 0.2) is 36.5 Å². The van der Waals surface area contributed by atoms with Crippen molar-refractivity contribution in [3.63, 3.8) is 0 Å². The normalized spacial score (nSPS) is 24.2. The minimum absolute atomic E-state index is 0.0117. The smallest absolute Gasteiger partial charge is 0.230 e. The highest BCUT2D eigenvalue weighted by Gasteiger charge is 2.49. The molecule has 2 aliphatic heterocycles. The second-order valence-electron chi connectivity index (χ2n) is 9.27. The third-order valence-corrected chi connectivity index (χ3v) is 7.09. The van der Waals surface area contributed by atoms with Crippen LogP contribution in [0.3, 0.4) is 0 Å². The highest BCUT2D eigenvalue weighted by atomic mass is 16.2. The van der Waals surface area contributed by atoms with E-state index in [0.717, 1.165) is 56.1 Å². The number of carbonyl (C=O) groups excluding carboxylic acids is 1. The first kappa shape index (κ1) is 18.6. The summed E-state index contributed by atoms with van der Waals surface area (Å²) in [7, 11) is 0. The molecule has 0 N–H and O–H groups in total. The molecule has 0 radical (unpaired) electrons. The van der Waals surface area contributed by atoms with Crippen molar-refractivity contribution >= 4 is 11.7 Å². The van der Waals surface area contributed by atoms with Crippen LogP contribution in [0.25, 0.3) is 0 Å². The van der Waals surface area contributed by atoms with Crippen molar-refractivity contribution in [1.29, 1.82) is 0 Å². The molecule has 2 saturated heterocycles. The zero-order valence-corrected chi connectivity index (χ0v) is 17.5. The summed E-state index contributed by atoms with van der Waals surface area (Å²) < 4.78 is 0. The summed E-state index contributed by atoms with van der Waals surface area (Å²) in [5, 5.41) is 0. The zero-order chi connectivity index (χ0) is 20.0. The van der Waals surface area contributed by atoms with Crippen molar-refractivity contribution in [2.45, 2.75) is 57.9 Å². The fourth-order valence-corrected chi connectivity index (χ4v) is 5.24. The van der Waals surface area contributed by atoms with Gasteiger partial charge in [0.25, 0.3) is 0 Å². The molecule has 3 fully saturated rings. The minimum atomic E-state index is 0.0117. The van der Waals surface area contributed by atoms with Gasteiger partial charge in [-0.3, -0.25) is 9.78 Å². The standard InChI is InChI=1S/C24H30N4O/c1-17-15-25-18(2)22(26-17)27-12-10-24(11-13-27)14-21(19-6-4-3-5-7-19)23(29)28(16-24)20-8-9-20/h3-7,15,20-21H,8-14,16H2,1-2H3/t21-/m0/s1. The Labute approximate surface area is 173 Å². The van der Waals surface area contributed by atoms with Crippen LogP contribution in [0, 0.1) is 19.3 Å². The number of likely N-dealkylation sites (tertiary alicyclic amines) is 1. The second-order valence-corrected chi connectivity index (χ2v) is 9.27. The lowest BCUT2D eigenvalue weighted by Crippen LogP contribution is -2.54. The van der Waals surface area contributed by atoms with E-state index in [-0.39, 0.29) is 11.3 Å². The van der Waals surface area contributed by atoms with E-state index in [0.29, 0.717) is 11.9 Å². The molecule has 152 valence electrons. The van der Waals surface area contributed by atoms with Crippen molar-refractivity contribution in [3.05, 3.63) is 53.5 Å². The number of aryl methyl sites for hydroxylation is 2. The maximum atomic E-state index is 13.3. The van der Waals surface area contributed by atoms with Gasteiger partial charge >= 0.3 is 0 Å². The largest absolute Gasteiger partial charge is 0.355 e. The first-order valence-corrected chi connectivity index (χ1v) is 11.0. The topological polar surface area (TPSA) is 49.3 Å². The molecule has 2 aromatic rings. The lowest BCUT2D eigenvalue weighted by atomic mass is 9.67. The average molecular weight is 391 g/mol. The van der Waals surface area contributed by atoms with E-state index >= 15 is 0 Å². The molecule has 29 heavy (non-hydrogen) atoms. The third-order valence-electron chi connectivity index (χ3n) is 7.09. The number of nitrogens with zero attached hydrogens (tertiary/aromatic N) is 4. The Morgan fingerprint density at radius 3 is 2.48 bits per heavy atom. The molecule has 1 aromatic carbocycles. The lowest BCUT2D eigenvalue weighted by molar-refractivity contribution is -0.141. The molecule has 5 heteroatoms. The Bertz CT molecular complexity index is 900. The van der Waals surface area contributed by atoms with E-state index in [1.807, 2.05) is 26.1 Å². The number of anilines is 1. The van der Waals surface area contributed by atoms with Crippen molar-refractivity contribution in [2.24, 2.45) is 5.41 Å². The highest BCUT2D eigenvalue weighted by Crippen LogP contribution is 2.48. The van der Waals surface area contributed by atoms with E-state index in [2.05, 4.69) is 39.0 Å². The first-order chi connectivity index (χ1) is 14.0. The van der Waals surface area contributed by atoms with Crippen LogP contribution in [-0.2, 0) is 4.79 Å². The molecular formula is C24H30N4O. The van der Waals surface area contributed by atoms with Gasteiger partial charge in [0.2, 0.25) is 5.91 Å². The molecule has 3 heterocycles. The fraction of sp³-hybridized carbons (Fsp3) is 0.542. The van der Waals surface area contributed by atoms with Crippen LogP contribution in [0.1, 0.15) is 55.0 Å². The SMILES string of the molecule is Cc1cnc(C)c(N2CCC3(CC2)C[C@@H](c2ccccc2)C(=O)N(C2CC2)C3)n1. The van der Waals surface area contributed by atoms with Gasteiger partial charge in [-0.05, 0) is 56.9 Å². The van der Waals surface area contributed by atoms with Crippen molar-refractivity contribution in [1.82, 2.24) is 14.9 Å². The maximum Gasteiger partial charge on any atom is 0.230 e. The van der Waals surface area contributed by atoms with Gasteiger partial charge < -0.3 is 9.80 Å². The van der Waals surface area contributed by atoms with Crippen LogP contribution in [0.4, 0.5) is 5.82 Å². The van der Waals surface area contributed by atoms with E-state index in [9.17, 15) is 4.79 Å². The number of aromatic nitrogens is 2. The average Bonchev–Trinajstić information content (AvgIpc) is 3.58. The summed E-state index contributed by atoms with van der Waals surface area (Å²) in [5.74, 6) is 1.40. The molecule has 0 unspecified atom stereocenters. The lowest BCUT2D eigenvalue weighted by Gasteiger charge is -2.50. The number of carbonyl (C=O) groups is 1. The van der Waals surface area contributed by atoms with E-state index in [4.69, 9.17) is 4.98 Å². The van der Waals surface area contributed by atoms with E-state index < -0.39 is 0 Å². The monoisotopic (exact) mass is 390 g/mol.